The Morgan fingerprint density at radius 2 is 1.64 bits per heavy atom. The van der Waals surface area contributed by atoms with Crippen molar-refractivity contribution in [1.82, 2.24) is 14.0 Å². The van der Waals surface area contributed by atoms with Crippen molar-refractivity contribution in [2.75, 3.05) is 7.05 Å². The van der Waals surface area contributed by atoms with Crippen molar-refractivity contribution in [3.63, 3.8) is 0 Å². The minimum absolute atomic E-state index is 0.125. The quantitative estimate of drug-likeness (QED) is 0.317. The van der Waals surface area contributed by atoms with Gasteiger partial charge in [-0.15, -0.1) is 22.7 Å². The van der Waals surface area contributed by atoms with E-state index in [4.69, 9.17) is 10.8 Å². The van der Waals surface area contributed by atoms with Crippen molar-refractivity contribution >= 4 is 59.4 Å². The summed E-state index contributed by atoms with van der Waals surface area (Å²) < 4.78 is 2.41. The fraction of sp³-hybridized carbons (Fsp3) is 0.174. The van der Waals surface area contributed by atoms with Gasteiger partial charge in [0.15, 0.2) is 0 Å². The first-order valence-corrected chi connectivity index (χ1v) is 11.4. The lowest BCUT2D eigenvalue weighted by molar-refractivity contribution is -0.121. The molecule has 2 N–H and O–H groups in total. The molecule has 0 fully saturated rings. The molecule has 0 radical (unpaired) electrons. The van der Waals surface area contributed by atoms with Crippen LogP contribution in [0.2, 0.25) is 0 Å². The smallest absolute Gasteiger partial charge is 0.305 e. The normalized spacial score (nSPS) is 12.1. The van der Waals surface area contributed by atoms with Gasteiger partial charge in [0.2, 0.25) is 0 Å². The van der Waals surface area contributed by atoms with Gasteiger partial charge in [-0.2, -0.15) is 0 Å². The van der Waals surface area contributed by atoms with E-state index in [1.807, 2.05) is 24.3 Å². The van der Waals surface area contributed by atoms with Crippen LogP contribution < -0.4 is 21.8 Å². The number of nitrogens with zero attached hydrogens (tertiary/aromatic N) is 3. The fourth-order valence-electron chi connectivity index (χ4n) is 3.05. The van der Waals surface area contributed by atoms with Crippen molar-refractivity contribution in [3.05, 3.63) is 71.0 Å². The number of likely N-dealkylation sites (N-methyl/N-ethyl adjacent to an activating group) is 1. The highest BCUT2D eigenvalue weighted by atomic mass is 32.1. The van der Waals surface area contributed by atoms with Crippen LogP contribution in [0.1, 0.15) is 16.7 Å². The second kappa shape index (κ2) is 9.47. The molecule has 0 aliphatic rings. The molecule has 3 rings (SSSR count). The summed E-state index contributed by atoms with van der Waals surface area (Å²) in [7, 11) is 4.50. The molecule has 0 saturated carbocycles. The Balaban J connectivity index is 1.99. The van der Waals surface area contributed by atoms with E-state index in [1.54, 1.807) is 19.2 Å². The number of thiophene rings is 2. The Morgan fingerprint density at radius 3 is 2.21 bits per heavy atom. The molecule has 3 aromatic heterocycles. The van der Waals surface area contributed by atoms with Crippen LogP contribution in [0.4, 0.5) is 0 Å². The molecular weight excluding hydrogens is 458 g/mol. The molecule has 0 atom stereocenters. The number of amides is 1. The van der Waals surface area contributed by atoms with Crippen LogP contribution >= 0.6 is 22.7 Å². The Labute approximate surface area is 197 Å². The second-order valence-corrected chi connectivity index (χ2v) is 9.57. The third kappa shape index (κ3) is 4.76. The first-order valence-electron chi connectivity index (χ1n) is 9.77. The monoisotopic (exact) mass is 481 g/mol. The zero-order valence-electron chi connectivity index (χ0n) is 18.6. The van der Waals surface area contributed by atoms with E-state index in [0.29, 0.717) is 10.6 Å². The third-order valence-electron chi connectivity index (χ3n) is 5.04. The maximum atomic E-state index is 12.5. The summed E-state index contributed by atoms with van der Waals surface area (Å²) in [4.78, 5) is 41.7. The summed E-state index contributed by atoms with van der Waals surface area (Å²) in [5.41, 5.74) is -0.462. The number of carbonyl (C=O) groups is 1. The Morgan fingerprint density at radius 1 is 1.06 bits per heavy atom. The second-order valence-electron chi connectivity index (χ2n) is 7.34. The first-order chi connectivity index (χ1) is 15.5. The summed E-state index contributed by atoms with van der Waals surface area (Å²) in [6, 6.07) is 7.66. The highest BCUT2D eigenvalue weighted by Gasteiger charge is 2.16. The summed E-state index contributed by atoms with van der Waals surface area (Å²) in [6.45, 7) is 5.42. The molecule has 33 heavy (non-hydrogen) atoms. The molecule has 0 aliphatic carbocycles. The molecule has 3 heterocycles. The van der Waals surface area contributed by atoms with Gasteiger partial charge in [-0.3, -0.25) is 24.1 Å². The van der Waals surface area contributed by atoms with Gasteiger partial charge in [-0.1, -0.05) is 6.58 Å². The zero-order chi connectivity index (χ0) is 24.4. The highest BCUT2D eigenvalue weighted by molar-refractivity contribution is 7.22. The molecule has 0 aliphatic heterocycles. The van der Waals surface area contributed by atoms with Gasteiger partial charge < -0.3 is 10.3 Å². The average Bonchev–Trinajstić information content (AvgIpc) is 3.45. The molecule has 1 amide bonds. The number of carbonyl (C=O) groups excluding carboxylic acids is 1. The van der Waals surface area contributed by atoms with Crippen molar-refractivity contribution in [3.8, 4) is 9.75 Å². The van der Waals surface area contributed by atoms with Gasteiger partial charge in [-0.05, 0) is 43.3 Å². The summed E-state index contributed by atoms with van der Waals surface area (Å²) >= 11 is 2.96. The zero-order valence-corrected chi connectivity index (χ0v) is 20.3. The number of rotatable bonds is 6. The van der Waals surface area contributed by atoms with Gasteiger partial charge in [0.25, 0.3) is 11.5 Å². The van der Waals surface area contributed by atoms with E-state index >= 15 is 0 Å². The molecule has 0 saturated heterocycles. The lowest BCUT2D eigenvalue weighted by Crippen LogP contribution is -2.56. The van der Waals surface area contributed by atoms with Crippen molar-refractivity contribution in [1.29, 1.82) is 10.8 Å². The molecule has 0 bridgehead atoms. The Bertz CT molecular complexity index is 1490. The predicted molar refractivity (Wildman–Crippen MR) is 136 cm³/mol. The number of hydrogen-bond donors (Lipinski definition) is 2. The summed E-state index contributed by atoms with van der Waals surface area (Å²) in [5, 5.41) is 15.9. The topological polar surface area (TPSA) is 112 Å². The Kier molecular flexibility index (Phi) is 6.89. The minimum atomic E-state index is -0.419. The van der Waals surface area contributed by atoms with E-state index in [1.165, 1.54) is 48.3 Å². The highest BCUT2D eigenvalue weighted by Crippen LogP contribution is 2.34. The van der Waals surface area contributed by atoms with Crippen molar-refractivity contribution in [2.24, 2.45) is 14.1 Å². The van der Waals surface area contributed by atoms with Crippen LogP contribution in [0.15, 0.2) is 39.4 Å². The minimum Gasteiger partial charge on any atom is -0.305 e. The van der Waals surface area contributed by atoms with Crippen LogP contribution in [0, 0.1) is 10.8 Å². The van der Waals surface area contributed by atoms with Crippen LogP contribution in [0.25, 0.3) is 28.5 Å². The maximum absolute atomic E-state index is 12.5. The van der Waals surface area contributed by atoms with E-state index < -0.39 is 17.2 Å². The molecule has 170 valence electrons. The van der Waals surface area contributed by atoms with E-state index in [0.717, 1.165) is 35.3 Å². The fourth-order valence-corrected chi connectivity index (χ4v) is 5.04. The van der Waals surface area contributed by atoms with Gasteiger partial charge in [-0.25, -0.2) is 4.79 Å². The third-order valence-corrected chi connectivity index (χ3v) is 7.30. The largest absolute Gasteiger partial charge is 0.330 e. The van der Waals surface area contributed by atoms with E-state index in [2.05, 4.69) is 6.58 Å². The van der Waals surface area contributed by atoms with Crippen LogP contribution in [-0.2, 0) is 18.9 Å². The van der Waals surface area contributed by atoms with Crippen LogP contribution in [0.5, 0.6) is 0 Å². The van der Waals surface area contributed by atoms with Crippen LogP contribution in [-0.4, -0.2) is 39.0 Å². The maximum Gasteiger partial charge on any atom is 0.330 e. The molecule has 3 aromatic rings. The molecule has 10 heteroatoms. The van der Waals surface area contributed by atoms with Crippen molar-refractivity contribution in [2.45, 2.75) is 6.92 Å². The SMILES string of the molecule is C=c1c(=Cc2ccc(-c3ccc(C=C(C(C)=N)C(=O)N(C)C=N)s3)s2)c(=O)n(C)c(=O)n1C. The number of hydrogen-bond acceptors (Lipinski definition) is 7. The average molecular weight is 482 g/mol. The van der Waals surface area contributed by atoms with E-state index in [-0.39, 0.29) is 11.3 Å². The first kappa shape index (κ1) is 24.0. The number of aromatic nitrogens is 2. The lowest BCUT2D eigenvalue weighted by atomic mass is 10.1. The molecule has 0 aromatic carbocycles. The van der Waals surface area contributed by atoms with Crippen LogP contribution in [0.3, 0.4) is 0 Å². The van der Waals surface area contributed by atoms with Gasteiger partial charge in [0.05, 0.1) is 22.5 Å². The van der Waals surface area contributed by atoms with Crippen molar-refractivity contribution < 1.29 is 4.79 Å². The lowest BCUT2D eigenvalue weighted by Gasteiger charge is -2.12. The summed E-state index contributed by atoms with van der Waals surface area (Å²) in [5.74, 6) is -0.414. The molecule has 0 unspecified atom stereocenters. The van der Waals surface area contributed by atoms with Gasteiger partial charge >= 0.3 is 5.69 Å². The Hall–Kier alpha value is -3.63. The number of nitrogens with one attached hydrogen (secondary N) is 2. The molecular formula is C23H23N5O3S2. The standard InChI is InChI=1S/C23H23N5O3S2/c1-13(25)17(21(29)26(3)12-24)10-15-6-8-19(32-15)20-9-7-16(33-20)11-18-14(2)27(4)23(31)28(5)22(18)30/h6-12,24-25H,2H2,1,3-5H3. The van der Waals surface area contributed by atoms with Gasteiger partial charge in [0.1, 0.15) is 0 Å². The van der Waals surface area contributed by atoms with E-state index in [9.17, 15) is 14.4 Å². The predicted octanol–water partition coefficient (Wildman–Crippen LogP) is 1.60. The molecule has 8 nitrogen and oxygen atoms in total. The summed E-state index contributed by atoms with van der Waals surface area (Å²) in [6.07, 6.45) is 4.30. The molecule has 0 spiro atoms. The van der Waals surface area contributed by atoms with Gasteiger partial charge in [0, 0.05) is 46.4 Å².